The first-order valence-corrected chi connectivity index (χ1v) is 5.70. The van der Waals surface area contributed by atoms with Crippen LogP contribution in [0.1, 0.15) is 46.5 Å². The van der Waals surface area contributed by atoms with Gasteiger partial charge in [-0.15, -0.1) is 0 Å². The summed E-state index contributed by atoms with van der Waals surface area (Å²) in [6, 6.07) is 0. The summed E-state index contributed by atoms with van der Waals surface area (Å²) in [6.45, 7) is 9.66. The van der Waals surface area contributed by atoms with Gasteiger partial charge in [-0.2, -0.15) is 0 Å². The van der Waals surface area contributed by atoms with E-state index in [0.29, 0.717) is 5.41 Å². The van der Waals surface area contributed by atoms with E-state index in [0.717, 1.165) is 11.3 Å². The van der Waals surface area contributed by atoms with Crippen molar-refractivity contribution in [1.82, 2.24) is 5.32 Å². The van der Waals surface area contributed by atoms with Gasteiger partial charge in [0.1, 0.15) is 0 Å². The van der Waals surface area contributed by atoms with E-state index in [2.05, 4.69) is 26.1 Å². The van der Waals surface area contributed by atoms with E-state index in [1.807, 2.05) is 0 Å². The van der Waals surface area contributed by atoms with Crippen LogP contribution in [0.3, 0.4) is 0 Å². The van der Waals surface area contributed by atoms with Crippen LogP contribution < -0.4 is 5.32 Å². The summed E-state index contributed by atoms with van der Waals surface area (Å²) >= 11 is 0. The van der Waals surface area contributed by atoms with Gasteiger partial charge < -0.3 is 5.32 Å². The van der Waals surface area contributed by atoms with Crippen LogP contribution in [-0.2, 0) is 0 Å². The molecule has 1 heteroatoms. The van der Waals surface area contributed by atoms with Crippen LogP contribution in [0, 0.1) is 16.7 Å². The van der Waals surface area contributed by atoms with Crippen LogP contribution >= 0.6 is 0 Å². The Bertz CT molecular complexity index is 176. The summed E-state index contributed by atoms with van der Waals surface area (Å²) in [5.41, 5.74) is 1.29. The Morgan fingerprint density at radius 1 is 1.31 bits per heavy atom. The van der Waals surface area contributed by atoms with Crippen molar-refractivity contribution in [3.63, 3.8) is 0 Å². The molecule has 76 valence electrons. The number of hydrogen-bond donors (Lipinski definition) is 1. The highest BCUT2D eigenvalue weighted by Crippen LogP contribution is 2.52. The Morgan fingerprint density at radius 3 is 2.46 bits per heavy atom. The summed E-state index contributed by atoms with van der Waals surface area (Å²) in [4.78, 5) is 0. The van der Waals surface area contributed by atoms with Gasteiger partial charge in [0.15, 0.2) is 0 Å². The van der Waals surface area contributed by atoms with Crippen molar-refractivity contribution in [2.45, 2.75) is 46.5 Å². The van der Waals surface area contributed by atoms with Crippen LogP contribution in [0.5, 0.6) is 0 Å². The molecule has 0 amide bonds. The van der Waals surface area contributed by atoms with Crippen LogP contribution in [-0.4, -0.2) is 13.1 Å². The third kappa shape index (κ3) is 2.07. The molecule has 1 saturated heterocycles. The SMILES string of the molecule is CC(C)(C)CC1CC2(CCNC2)C1. The van der Waals surface area contributed by atoms with Gasteiger partial charge >= 0.3 is 0 Å². The van der Waals surface area contributed by atoms with Crippen molar-refractivity contribution < 1.29 is 0 Å². The third-order valence-electron chi connectivity index (χ3n) is 3.68. The standard InChI is InChI=1S/C12H23N/c1-11(2,3)6-10-7-12(8-10)4-5-13-9-12/h10,13H,4-9H2,1-3H3. The van der Waals surface area contributed by atoms with Crippen molar-refractivity contribution in [2.24, 2.45) is 16.7 Å². The lowest BCUT2D eigenvalue weighted by Gasteiger charge is -2.47. The summed E-state index contributed by atoms with van der Waals surface area (Å²) < 4.78 is 0. The lowest BCUT2D eigenvalue weighted by molar-refractivity contribution is 0.0470. The molecule has 2 rings (SSSR count). The number of nitrogens with one attached hydrogen (secondary N) is 1. The molecular formula is C12H23N. The molecule has 1 nitrogen and oxygen atoms in total. The van der Waals surface area contributed by atoms with E-state index in [1.165, 1.54) is 38.8 Å². The zero-order valence-corrected chi connectivity index (χ0v) is 9.32. The Balaban J connectivity index is 1.78. The summed E-state index contributed by atoms with van der Waals surface area (Å²) in [6.07, 6.45) is 5.86. The van der Waals surface area contributed by atoms with Gasteiger partial charge in [-0.25, -0.2) is 0 Å². The van der Waals surface area contributed by atoms with Crippen molar-refractivity contribution in [2.75, 3.05) is 13.1 Å². The first-order chi connectivity index (χ1) is 5.99. The van der Waals surface area contributed by atoms with E-state index in [-0.39, 0.29) is 0 Å². The zero-order chi connectivity index (χ0) is 9.53. The van der Waals surface area contributed by atoms with E-state index in [4.69, 9.17) is 0 Å². The predicted octanol–water partition coefficient (Wildman–Crippen LogP) is 2.81. The maximum absolute atomic E-state index is 3.50. The average molecular weight is 181 g/mol. The molecule has 2 aliphatic rings. The molecule has 0 aromatic carbocycles. The lowest BCUT2D eigenvalue weighted by atomic mass is 9.58. The second kappa shape index (κ2) is 2.98. The first-order valence-electron chi connectivity index (χ1n) is 5.70. The van der Waals surface area contributed by atoms with E-state index in [9.17, 15) is 0 Å². The van der Waals surface area contributed by atoms with Crippen LogP contribution in [0.25, 0.3) is 0 Å². The second-order valence-corrected chi connectivity index (χ2v) is 6.47. The molecule has 0 radical (unpaired) electrons. The Morgan fingerprint density at radius 2 is 2.00 bits per heavy atom. The average Bonchev–Trinajstić information content (AvgIpc) is 2.30. The summed E-state index contributed by atoms with van der Waals surface area (Å²) in [5.74, 6) is 1.03. The van der Waals surface area contributed by atoms with E-state index < -0.39 is 0 Å². The maximum atomic E-state index is 3.50. The highest BCUT2D eigenvalue weighted by Gasteiger charge is 2.46. The van der Waals surface area contributed by atoms with Gasteiger partial charge in [-0.1, -0.05) is 20.8 Å². The molecule has 1 spiro atoms. The second-order valence-electron chi connectivity index (χ2n) is 6.47. The van der Waals surface area contributed by atoms with Gasteiger partial charge in [0, 0.05) is 6.54 Å². The van der Waals surface area contributed by atoms with Gasteiger partial charge in [-0.3, -0.25) is 0 Å². The molecule has 0 atom stereocenters. The zero-order valence-electron chi connectivity index (χ0n) is 9.32. The Labute approximate surface area is 82.3 Å². The van der Waals surface area contributed by atoms with Crippen molar-refractivity contribution >= 4 is 0 Å². The van der Waals surface area contributed by atoms with Gasteiger partial charge in [0.25, 0.3) is 0 Å². The highest BCUT2D eigenvalue weighted by molar-refractivity contribution is 4.99. The fourth-order valence-electron chi connectivity index (χ4n) is 3.32. The molecule has 1 aliphatic carbocycles. The minimum Gasteiger partial charge on any atom is -0.316 e. The molecule has 13 heavy (non-hydrogen) atoms. The minimum atomic E-state index is 0.540. The number of hydrogen-bond acceptors (Lipinski definition) is 1. The molecule has 1 saturated carbocycles. The van der Waals surface area contributed by atoms with Crippen LogP contribution in [0.2, 0.25) is 0 Å². The minimum absolute atomic E-state index is 0.540. The molecule has 1 aliphatic heterocycles. The monoisotopic (exact) mass is 181 g/mol. The van der Waals surface area contributed by atoms with Crippen molar-refractivity contribution in [1.29, 1.82) is 0 Å². The fraction of sp³-hybridized carbons (Fsp3) is 1.00. The summed E-state index contributed by atoms with van der Waals surface area (Å²) in [5, 5.41) is 3.50. The molecule has 0 unspecified atom stereocenters. The van der Waals surface area contributed by atoms with Crippen LogP contribution in [0.4, 0.5) is 0 Å². The molecule has 0 bridgehead atoms. The smallest absolute Gasteiger partial charge is 0.000849 e. The van der Waals surface area contributed by atoms with Gasteiger partial charge in [0.2, 0.25) is 0 Å². The Hall–Kier alpha value is -0.0400. The van der Waals surface area contributed by atoms with E-state index >= 15 is 0 Å². The third-order valence-corrected chi connectivity index (χ3v) is 3.68. The van der Waals surface area contributed by atoms with Crippen LogP contribution in [0.15, 0.2) is 0 Å². The predicted molar refractivity (Wildman–Crippen MR) is 56.7 cm³/mol. The van der Waals surface area contributed by atoms with Gasteiger partial charge in [-0.05, 0) is 49.0 Å². The molecule has 2 fully saturated rings. The molecule has 1 N–H and O–H groups in total. The van der Waals surface area contributed by atoms with Crippen molar-refractivity contribution in [3.8, 4) is 0 Å². The normalized spacial score (nSPS) is 39.5. The summed E-state index contributed by atoms with van der Waals surface area (Å²) in [7, 11) is 0. The largest absolute Gasteiger partial charge is 0.316 e. The molecule has 0 aromatic heterocycles. The Kier molecular flexibility index (Phi) is 2.18. The molecular weight excluding hydrogens is 158 g/mol. The maximum Gasteiger partial charge on any atom is 0.000849 e. The first kappa shape index (κ1) is 9.51. The molecule has 0 aromatic rings. The lowest BCUT2D eigenvalue weighted by Crippen LogP contribution is -2.40. The molecule has 1 heterocycles. The highest BCUT2D eigenvalue weighted by atomic mass is 14.9. The quantitative estimate of drug-likeness (QED) is 0.656. The topological polar surface area (TPSA) is 12.0 Å². The van der Waals surface area contributed by atoms with Crippen molar-refractivity contribution in [3.05, 3.63) is 0 Å². The fourth-order valence-corrected chi connectivity index (χ4v) is 3.32. The van der Waals surface area contributed by atoms with Gasteiger partial charge in [0.05, 0.1) is 0 Å². The number of rotatable bonds is 1. The van der Waals surface area contributed by atoms with E-state index in [1.54, 1.807) is 0 Å².